The van der Waals surface area contributed by atoms with Gasteiger partial charge in [-0.25, -0.2) is 9.78 Å². The highest BCUT2D eigenvalue weighted by Crippen LogP contribution is 2.17. The van der Waals surface area contributed by atoms with E-state index >= 15 is 0 Å². The number of esters is 1. The van der Waals surface area contributed by atoms with Crippen LogP contribution in [-0.4, -0.2) is 30.1 Å². The summed E-state index contributed by atoms with van der Waals surface area (Å²) in [6.45, 7) is 8.36. The average molecular weight is 434 g/mol. The second-order valence-electron chi connectivity index (χ2n) is 7.82. The van der Waals surface area contributed by atoms with Crippen LogP contribution in [0.5, 0.6) is 5.75 Å². The molecule has 0 aliphatic carbocycles. The first kappa shape index (κ1) is 23.3. The van der Waals surface area contributed by atoms with Gasteiger partial charge >= 0.3 is 5.97 Å². The molecule has 168 valence electrons. The Bertz CT molecular complexity index is 1020. The molecule has 0 amide bonds. The summed E-state index contributed by atoms with van der Waals surface area (Å²) in [4.78, 5) is 16.5. The molecule has 0 aliphatic rings. The zero-order chi connectivity index (χ0) is 22.8. The van der Waals surface area contributed by atoms with Gasteiger partial charge in [-0.15, -0.1) is 0 Å². The molecule has 0 atom stereocenters. The van der Waals surface area contributed by atoms with E-state index < -0.39 is 0 Å². The highest BCUT2D eigenvalue weighted by Gasteiger charge is 2.14. The first-order valence-electron chi connectivity index (χ1n) is 10.9. The largest absolute Gasteiger partial charge is 0.489 e. The fourth-order valence-corrected chi connectivity index (χ4v) is 3.17. The molecule has 0 unspecified atom stereocenters. The van der Waals surface area contributed by atoms with Gasteiger partial charge in [0.15, 0.2) is 0 Å². The van der Waals surface area contributed by atoms with Crippen molar-refractivity contribution < 1.29 is 14.3 Å². The molecular formula is C26H31N3O3. The Balaban J connectivity index is 1.44. The molecule has 0 bridgehead atoms. The third-order valence-electron chi connectivity index (χ3n) is 4.85. The smallest absolute Gasteiger partial charge is 0.342 e. The minimum atomic E-state index is -0.369. The summed E-state index contributed by atoms with van der Waals surface area (Å²) in [6.07, 6.45) is 1.48. The molecular weight excluding hydrogens is 402 g/mol. The predicted molar refractivity (Wildman–Crippen MR) is 127 cm³/mol. The van der Waals surface area contributed by atoms with Crippen molar-refractivity contribution in [3.63, 3.8) is 0 Å². The van der Waals surface area contributed by atoms with Gasteiger partial charge in [0, 0.05) is 25.8 Å². The number of aromatic nitrogens is 1. The van der Waals surface area contributed by atoms with Gasteiger partial charge in [-0.1, -0.05) is 36.4 Å². The number of carbonyl (C=O) groups is 1. The predicted octanol–water partition coefficient (Wildman–Crippen LogP) is 4.74. The average Bonchev–Trinajstić information content (AvgIpc) is 2.78. The van der Waals surface area contributed by atoms with Crippen molar-refractivity contribution in [3.05, 3.63) is 89.1 Å². The van der Waals surface area contributed by atoms with Gasteiger partial charge in [0.05, 0.1) is 6.10 Å². The summed E-state index contributed by atoms with van der Waals surface area (Å²) < 4.78 is 11.3. The molecule has 2 aromatic carbocycles. The number of hydrogen-bond donors (Lipinski definition) is 2. The van der Waals surface area contributed by atoms with Gasteiger partial charge in [-0.2, -0.15) is 0 Å². The normalized spacial score (nSPS) is 10.8. The Hall–Kier alpha value is -3.38. The van der Waals surface area contributed by atoms with Crippen LogP contribution in [0.1, 0.15) is 40.9 Å². The van der Waals surface area contributed by atoms with Crippen molar-refractivity contribution in [2.75, 3.05) is 18.4 Å². The van der Waals surface area contributed by atoms with Crippen LogP contribution in [-0.2, 0) is 17.9 Å². The van der Waals surface area contributed by atoms with E-state index in [1.807, 2.05) is 38.1 Å². The maximum atomic E-state index is 12.2. The molecule has 6 nitrogen and oxygen atoms in total. The molecule has 32 heavy (non-hydrogen) atoms. The Kier molecular flexibility index (Phi) is 8.63. The van der Waals surface area contributed by atoms with Crippen LogP contribution in [0.25, 0.3) is 0 Å². The minimum Gasteiger partial charge on any atom is -0.489 e. The van der Waals surface area contributed by atoms with Crippen LogP contribution in [0.4, 0.5) is 5.82 Å². The van der Waals surface area contributed by atoms with Crippen LogP contribution in [0.15, 0.2) is 66.9 Å². The number of pyridine rings is 1. The molecule has 0 saturated heterocycles. The SMILES string of the molecule is Cc1ccccc1COc1cccc(CNCCNc2ncccc2C(=O)OC(C)C)c1. The number of anilines is 1. The van der Waals surface area contributed by atoms with E-state index in [0.29, 0.717) is 37.6 Å². The van der Waals surface area contributed by atoms with Gasteiger partial charge in [-0.05, 0) is 61.7 Å². The van der Waals surface area contributed by atoms with Crippen molar-refractivity contribution in [3.8, 4) is 5.75 Å². The van der Waals surface area contributed by atoms with E-state index in [-0.39, 0.29) is 12.1 Å². The van der Waals surface area contributed by atoms with Crippen LogP contribution in [0, 0.1) is 6.92 Å². The summed E-state index contributed by atoms with van der Waals surface area (Å²) in [7, 11) is 0. The maximum Gasteiger partial charge on any atom is 0.342 e. The van der Waals surface area contributed by atoms with Gasteiger partial charge in [-0.3, -0.25) is 0 Å². The highest BCUT2D eigenvalue weighted by molar-refractivity contribution is 5.94. The van der Waals surface area contributed by atoms with E-state index in [1.54, 1.807) is 18.3 Å². The fourth-order valence-electron chi connectivity index (χ4n) is 3.17. The molecule has 1 heterocycles. The highest BCUT2D eigenvalue weighted by atomic mass is 16.5. The maximum absolute atomic E-state index is 12.2. The van der Waals surface area contributed by atoms with Crippen molar-refractivity contribution in [1.82, 2.24) is 10.3 Å². The topological polar surface area (TPSA) is 72.5 Å². The zero-order valence-corrected chi connectivity index (χ0v) is 18.9. The number of carbonyl (C=O) groups excluding carboxylic acids is 1. The molecule has 0 spiro atoms. The lowest BCUT2D eigenvalue weighted by Gasteiger charge is -2.13. The monoisotopic (exact) mass is 433 g/mol. The number of nitrogens with zero attached hydrogens (tertiary/aromatic N) is 1. The van der Waals surface area contributed by atoms with Crippen LogP contribution < -0.4 is 15.4 Å². The quantitative estimate of drug-likeness (QED) is 0.336. The number of aryl methyl sites for hydroxylation is 1. The van der Waals surface area contributed by atoms with Crippen LogP contribution in [0.2, 0.25) is 0 Å². The van der Waals surface area contributed by atoms with E-state index in [1.165, 1.54) is 11.1 Å². The van der Waals surface area contributed by atoms with E-state index in [4.69, 9.17) is 9.47 Å². The summed E-state index contributed by atoms with van der Waals surface area (Å²) in [5.41, 5.74) is 4.01. The fraction of sp³-hybridized carbons (Fsp3) is 0.308. The second-order valence-corrected chi connectivity index (χ2v) is 7.82. The molecule has 2 N–H and O–H groups in total. The molecule has 3 aromatic rings. The van der Waals surface area contributed by atoms with E-state index in [0.717, 1.165) is 11.3 Å². The molecule has 1 aromatic heterocycles. The van der Waals surface area contributed by atoms with Gasteiger partial charge in [0.1, 0.15) is 23.7 Å². The molecule has 0 radical (unpaired) electrons. The molecule has 6 heteroatoms. The lowest BCUT2D eigenvalue weighted by atomic mass is 10.1. The van der Waals surface area contributed by atoms with Crippen LogP contribution in [0.3, 0.4) is 0 Å². The Labute approximate surface area is 190 Å². The third kappa shape index (κ3) is 7.10. The van der Waals surface area contributed by atoms with Crippen molar-refractivity contribution >= 4 is 11.8 Å². The molecule has 3 rings (SSSR count). The second kappa shape index (κ2) is 11.9. The first-order chi connectivity index (χ1) is 15.5. The number of ether oxygens (including phenoxy) is 2. The van der Waals surface area contributed by atoms with Crippen LogP contribution >= 0.6 is 0 Å². The first-order valence-corrected chi connectivity index (χ1v) is 10.9. The van der Waals surface area contributed by atoms with Gasteiger partial charge in [0.2, 0.25) is 0 Å². The Morgan fingerprint density at radius 3 is 2.69 bits per heavy atom. The summed E-state index contributed by atoms with van der Waals surface area (Å²) >= 11 is 0. The van der Waals surface area contributed by atoms with Crippen molar-refractivity contribution in [2.24, 2.45) is 0 Å². The number of hydrogen-bond acceptors (Lipinski definition) is 6. The molecule has 0 aliphatic heterocycles. The lowest BCUT2D eigenvalue weighted by Crippen LogP contribution is -2.23. The van der Waals surface area contributed by atoms with Gasteiger partial charge < -0.3 is 20.1 Å². The lowest BCUT2D eigenvalue weighted by molar-refractivity contribution is 0.0378. The summed E-state index contributed by atoms with van der Waals surface area (Å²) in [5, 5.41) is 6.61. The number of benzene rings is 2. The van der Waals surface area contributed by atoms with E-state index in [2.05, 4.69) is 46.8 Å². The number of nitrogens with one attached hydrogen (secondary N) is 2. The standard InChI is InChI=1S/C26H31N3O3/c1-19(2)32-26(30)24-12-7-13-28-25(24)29-15-14-27-17-21-9-6-11-23(16-21)31-18-22-10-5-4-8-20(22)3/h4-13,16,19,27H,14-15,17-18H2,1-3H3,(H,28,29). The molecule has 0 saturated carbocycles. The minimum absolute atomic E-state index is 0.173. The van der Waals surface area contributed by atoms with Crippen molar-refractivity contribution in [1.29, 1.82) is 0 Å². The van der Waals surface area contributed by atoms with E-state index in [9.17, 15) is 4.79 Å². The molecule has 0 fully saturated rings. The third-order valence-corrected chi connectivity index (χ3v) is 4.85. The summed E-state index contributed by atoms with van der Waals surface area (Å²) in [6, 6.07) is 19.8. The van der Waals surface area contributed by atoms with Gasteiger partial charge in [0.25, 0.3) is 0 Å². The number of rotatable bonds is 11. The zero-order valence-electron chi connectivity index (χ0n) is 18.9. The van der Waals surface area contributed by atoms with Crippen molar-refractivity contribution in [2.45, 2.75) is 40.0 Å². The Morgan fingerprint density at radius 1 is 1.03 bits per heavy atom. The Morgan fingerprint density at radius 2 is 1.88 bits per heavy atom. The summed E-state index contributed by atoms with van der Waals surface area (Å²) in [5.74, 6) is 1.02.